The average molecular weight is 326 g/mol. The SMILES string of the molecule is [O-]N(O)c1ccc([C@@H]2Nn3c(nnc3-c3ccccc3)S2)cc1. The maximum absolute atomic E-state index is 10.8. The van der Waals surface area contributed by atoms with Crippen molar-refractivity contribution in [3.8, 4) is 11.4 Å². The Morgan fingerprint density at radius 1 is 1.09 bits per heavy atom. The van der Waals surface area contributed by atoms with E-state index in [-0.39, 0.29) is 16.3 Å². The number of hydrogen-bond acceptors (Lipinski definition) is 7. The maximum Gasteiger partial charge on any atom is 0.212 e. The predicted molar refractivity (Wildman–Crippen MR) is 87.5 cm³/mol. The van der Waals surface area contributed by atoms with Gasteiger partial charge >= 0.3 is 0 Å². The van der Waals surface area contributed by atoms with Crippen molar-refractivity contribution in [1.29, 1.82) is 0 Å². The Morgan fingerprint density at radius 3 is 2.52 bits per heavy atom. The highest BCUT2D eigenvalue weighted by atomic mass is 32.2. The lowest BCUT2D eigenvalue weighted by Gasteiger charge is -2.22. The van der Waals surface area contributed by atoms with Crippen molar-refractivity contribution in [1.82, 2.24) is 14.9 Å². The molecule has 116 valence electrons. The number of fused-ring (bicyclic) bond motifs is 1. The predicted octanol–water partition coefficient (Wildman–Crippen LogP) is 2.99. The van der Waals surface area contributed by atoms with E-state index in [4.69, 9.17) is 5.21 Å². The van der Waals surface area contributed by atoms with Gasteiger partial charge in [0.2, 0.25) is 5.16 Å². The molecule has 0 amide bonds. The van der Waals surface area contributed by atoms with Crippen LogP contribution in [-0.4, -0.2) is 20.1 Å². The van der Waals surface area contributed by atoms with Crippen molar-refractivity contribution >= 4 is 17.4 Å². The van der Waals surface area contributed by atoms with Gasteiger partial charge in [-0.2, -0.15) is 0 Å². The fraction of sp³-hybridized carbons (Fsp3) is 0.0667. The smallest absolute Gasteiger partial charge is 0.212 e. The van der Waals surface area contributed by atoms with Gasteiger partial charge < -0.3 is 15.9 Å². The van der Waals surface area contributed by atoms with Crippen LogP contribution in [0.1, 0.15) is 10.9 Å². The number of nitrogens with zero attached hydrogens (tertiary/aromatic N) is 4. The third-order valence-corrected chi connectivity index (χ3v) is 4.64. The molecule has 1 atom stereocenters. The molecule has 2 heterocycles. The number of rotatable bonds is 3. The van der Waals surface area contributed by atoms with Crippen LogP contribution in [0.3, 0.4) is 0 Å². The molecule has 2 N–H and O–H groups in total. The highest BCUT2D eigenvalue weighted by Crippen LogP contribution is 2.40. The topological polar surface area (TPSA) is 89.3 Å². The first-order valence-electron chi connectivity index (χ1n) is 6.92. The lowest BCUT2D eigenvalue weighted by atomic mass is 10.2. The number of thioether (sulfide) groups is 1. The fourth-order valence-corrected chi connectivity index (χ4v) is 3.40. The monoisotopic (exact) mass is 326 g/mol. The number of benzene rings is 2. The zero-order valence-electron chi connectivity index (χ0n) is 11.8. The number of aromatic nitrogens is 3. The van der Waals surface area contributed by atoms with E-state index in [1.807, 2.05) is 35.0 Å². The molecular formula is C15H12N5O2S-. The van der Waals surface area contributed by atoms with E-state index in [0.717, 1.165) is 22.1 Å². The summed E-state index contributed by atoms with van der Waals surface area (Å²) in [5.41, 5.74) is 5.50. The summed E-state index contributed by atoms with van der Waals surface area (Å²) in [7, 11) is 0. The van der Waals surface area contributed by atoms with E-state index in [0.29, 0.717) is 0 Å². The summed E-state index contributed by atoms with van der Waals surface area (Å²) in [5.74, 6) is 0.758. The zero-order chi connectivity index (χ0) is 15.8. The van der Waals surface area contributed by atoms with Crippen LogP contribution >= 0.6 is 11.8 Å². The Balaban J connectivity index is 1.60. The molecule has 1 aliphatic heterocycles. The minimum Gasteiger partial charge on any atom is -0.733 e. The van der Waals surface area contributed by atoms with Crippen molar-refractivity contribution < 1.29 is 5.21 Å². The van der Waals surface area contributed by atoms with Crippen LogP contribution in [0, 0.1) is 5.21 Å². The molecule has 4 rings (SSSR count). The van der Waals surface area contributed by atoms with Gasteiger partial charge in [-0.25, -0.2) is 4.68 Å². The van der Waals surface area contributed by atoms with Crippen molar-refractivity contribution in [3.05, 3.63) is 65.4 Å². The molecule has 7 nitrogen and oxygen atoms in total. The van der Waals surface area contributed by atoms with Gasteiger partial charge in [0.1, 0.15) is 5.37 Å². The van der Waals surface area contributed by atoms with Crippen molar-refractivity contribution in [2.24, 2.45) is 0 Å². The summed E-state index contributed by atoms with van der Waals surface area (Å²) in [5, 5.41) is 28.8. The second kappa shape index (κ2) is 5.58. The van der Waals surface area contributed by atoms with Gasteiger partial charge in [-0.1, -0.05) is 54.2 Å². The first kappa shape index (κ1) is 14.1. The number of anilines is 1. The van der Waals surface area contributed by atoms with E-state index < -0.39 is 0 Å². The van der Waals surface area contributed by atoms with Gasteiger partial charge in [-0.15, -0.1) is 10.2 Å². The summed E-state index contributed by atoms with van der Waals surface area (Å²) in [6, 6.07) is 16.6. The molecule has 0 spiro atoms. The maximum atomic E-state index is 10.8. The quantitative estimate of drug-likeness (QED) is 0.715. The molecule has 3 aromatic rings. The van der Waals surface area contributed by atoms with E-state index in [2.05, 4.69) is 15.6 Å². The summed E-state index contributed by atoms with van der Waals surface area (Å²) < 4.78 is 1.87. The summed E-state index contributed by atoms with van der Waals surface area (Å²) in [6.45, 7) is 0. The molecule has 0 fully saturated rings. The van der Waals surface area contributed by atoms with Crippen LogP contribution in [0.5, 0.6) is 0 Å². The highest BCUT2D eigenvalue weighted by Gasteiger charge is 2.27. The van der Waals surface area contributed by atoms with Crippen LogP contribution in [0.15, 0.2) is 59.8 Å². The van der Waals surface area contributed by atoms with Gasteiger partial charge in [0.15, 0.2) is 5.82 Å². The van der Waals surface area contributed by atoms with Crippen LogP contribution in [0.2, 0.25) is 0 Å². The molecule has 0 bridgehead atoms. The van der Waals surface area contributed by atoms with Crippen LogP contribution < -0.4 is 10.7 Å². The van der Waals surface area contributed by atoms with Crippen LogP contribution in [0.25, 0.3) is 11.4 Å². The summed E-state index contributed by atoms with van der Waals surface area (Å²) >= 11 is 1.54. The summed E-state index contributed by atoms with van der Waals surface area (Å²) in [6.07, 6.45) is 0. The number of nitrogens with one attached hydrogen (secondary N) is 1. The van der Waals surface area contributed by atoms with Crippen molar-refractivity contribution in [2.75, 3.05) is 10.7 Å². The Labute approximate surface area is 136 Å². The van der Waals surface area contributed by atoms with Gasteiger partial charge in [-0.05, 0) is 17.7 Å². The molecular weight excluding hydrogens is 314 g/mol. The lowest BCUT2D eigenvalue weighted by molar-refractivity contribution is 0.296. The third-order valence-electron chi connectivity index (χ3n) is 3.55. The number of hydrogen-bond donors (Lipinski definition) is 2. The molecule has 23 heavy (non-hydrogen) atoms. The fourth-order valence-electron chi connectivity index (χ4n) is 2.41. The molecule has 0 aliphatic carbocycles. The van der Waals surface area contributed by atoms with Gasteiger partial charge in [0.05, 0.1) is 5.69 Å². The van der Waals surface area contributed by atoms with E-state index in [1.54, 1.807) is 36.0 Å². The first-order chi connectivity index (χ1) is 11.2. The first-order valence-corrected chi connectivity index (χ1v) is 7.80. The second-order valence-electron chi connectivity index (χ2n) is 5.00. The molecule has 1 aromatic heterocycles. The van der Waals surface area contributed by atoms with Gasteiger partial charge in [0.25, 0.3) is 0 Å². The largest absolute Gasteiger partial charge is 0.733 e. The van der Waals surface area contributed by atoms with Gasteiger partial charge in [0, 0.05) is 5.56 Å². The Morgan fingerprint density at radius 2 is 1.83 bits per heavy atom. The summed E-state index contributed by atoms with van der Waals surface area (Å²) in [4.78, 5) is 0. The molecule has 2 aromatic carbocycles. The highest BCUT2D eigenvalue weighted by molar-refractivity contribution is 7.99. The zero-order valence-corrected chi connectivity index (χ0v) is 12.6. The van der Waals surface area contributed by atoms with Crippen molar-refractivity contribution in [2.45, 2.75) is 10.5 Å². The molecule has 8 heteroatoms. The molecule has 0 saturated carbocycles. The lowest BCUT2D eigenvalue weighted by Crippen LogP contribution is -2.14. The van der Waals surface area contributed by atoms with Crippen LogP contribution in [-0.2, 0) is 0 Å². The normalized spacial score (nSPS) is 16.0. The molecule has 0 saturated heterocycles. The molecule has 1 aliphatic rings. The standard InChI is InChI=1S/C15H12N5O2S/c21-20(22)12-8-6-11(7-9-12)14-18-19-13(16-17-15(19)23-14)10-4-2-1-3-5-10/h1-9,14,18,21H/q-1/t14-/m1/s1. The Kier molecular flexibility index (Phi) is 3.41. The van der Waals surface area contributed by atoms with E-state index in [1.165, 1.54) is 0 Å². The van der Waals surface area contributed by atoms with E-state index in [9.17, 15) is 5.21 Å². The second-order valence-corrected chi connectivity index (χ2v) is 6.07. The third kappa shape index (κ3) is 2.52. The van der Waals surface area contributed by atoms with E-state index >= 15 is 0 Å². The molecule has 0 radical (unpaired) electrons. The average Bonchev–Trinajstić information content (AvgIpc) is 3.16. The van der Waals surface area contributed by atoms with Crippen molar-refractivity contribution in [3.63, 3.8) is 0 Å². The van der Waals surface area contributed by atoms with Gasteiger partial charge in [-0.3, -0.25) is 5.21 Å². The Hall–Kier alpha value is -2.55. The van der Waals surface area contributed by atoms with Crippen LogP contribution in [0.4, 0.5) is 5.69 Å². The minimum absolute atomic E-state index is 0.0317. The Bertz CT molecular complexity index is 820. The molecule has 0 unspecified atom stereocenters. The minimum atomic E-state index is -0.151.